The van der Waals surface area contributed by atoms with Gasteiger partial charge in [0.25, 0.3) is 0 Å². The van der Waals surface area contributed by atoms with Crippen molar-refractivity contribution in [1.29, 1.82) is 0 Å². The van der Waals surface area contributed by atoms with Gasteiger partial charge in [-0.05, 0) is 50.6 Å². The number of ketones is 1. The van der Waals surface area contributed by atoms with Gasteiger partial charge in [0.15, 0.2) is 17.3 Å². The Morgan fingerprint density at radius 1 is 1.36 bits per heavy atom. The largest absolute Gasteiger partial charge is 0.454 e. The third-order valence-corrected chi connectivity index (χ3v) is 4.81. The second kappa shape index (κ2) is 9.07. The molecule has 1 aliphatic heterocycles. The van der Waals surface area contributed by atoms with Crippen LogP contribution < -0.4 is 20.5 Å². The number of thioether (sulfide) groups is 1. The minimum absolute atomic E-state index is 0.0540. The maximum atomic E-state index is 12.6. The first-order valence-electron chi connectivity index (χ1n) is 8.10. The zero-order valence-corrected chi connectivity index (χ0v) is 15.6. The molecule has 0 saturated carbocycles. The van der Waals surface area contributed by atoms with Crippen LogP contribution in [0.15, 0.2) is 18.2 Å². The van der Waals surface area contributed by atoms with Crippen LogP contribution in [0.5, 0.6) is 11.5 Å². The molecule has 8 heteroatoms. The molecule has 1 aromatic carbocycles. The molecule has 1 amide bonds. The predicted molar refractivity (Wildman–Crippen MR) is 98.1 cm³/mol. The lowest BCUT2D eigenvalue weighted by Crippen LogP contribution is -2.48. The Bertz CT molecular complexity index is 626. The Hall–Kier alpha value is -1.77. The summed E-state index contributed by atoms with van der Waals surface area (Å²) in [5.41, 5.74) is 6.38. The molecule has 2 rings (SSSR count). The van der Waals surface area contributed by atoms with Gasteiger partial charge in [-0.25, -0.2) is 0 Å². The molecule has 2 unspecified atom stereocenters. The summed E-state index contributed by atoms with van der Waals surface area (Å²) < 4.78 is 10.6. The molecule has 0 radical (unpaired) electrons. The first-order chi connectivity index (χ1) is 11.9. The van der Waals surface area contributed by atoms with E-state index < -0.39 is 12.1 Å². The van der Waals surface area contributed by atoms with Crippen molar-refractivity contribution in [3.8, 4) is 11.5 Å². The minimum Gasteiger partial charge on any atom is -0.454 e. The maximum Gasteiger partial charge on any atom is 0.237 e. The Labute approximate surface area is 152 Å². The van der Waals surface area contributed by atoms with E-state index >= 15 is 0 Å². The standard InChI is InChI=1S/C17H25N3O4S/c1-11(20(2)9-19-17(22)13(18)6-7-25-3)16(21)12-4-5-14-15(8-12)24-10-23-14/h4-5,8,11,13H,6-7,9-10,18H2,1-3H3,(H,19,22). The van der Waals surface area contributed by atoms with Crippen molar-refractivity contribution >= 4 is 23.5 Å². The molecular weight excluding hydrogens is 342 g/mol. The predicted octanol–water partition coefficient (Wildman–Crippen LogP) is 1.07. The fourth-order valence-electron chi connectivity index (χ4n) is 2.34. The van der Waals surface area contributed by atoms with Crippen molar-refractivity contribution in [2.45, 2.75) is 25.4 Å². The first-order valence-corrected chi connectivity index (χ1v) is 9.49. The number of amides is 1. The minimum atomic E-state index is -0.527. The van der Waals surface area contributed by atoms with E-state index in [0.717, 1.165) is 5.75 Å². The molecule has 1 heterocycles. The molecule has 1 aromatic rings. The van der Waals surface area contributed by atoms with Gasteiger partial charge in [0, 0.05) is 5.56 Å². The lowest BCUT2D eigenvalue weighted by molar-refractivity contribution is -0.123. The number of fused-ring (bicyclic) bond motifs is 1. The zero-order valence-electron chi connectivity index (χ0n) is 14.8. The molecule has 0 aliphatic carbocycles. The van der Waals surface area contributed by atoms with Gasteiger partial charge in [-0.3, -0.25) is 14.5 Å². The van der Waals surface area contributed by atoms with Crippen LogP contribution in [0.3, 0.4) is 0 Å². The molecule has 2 atom stereocenters. The van der Waals surface area contributed by atoms with Gasteiger partial charge in [0.1, 0.15) is 0 Å². The zero-order chi connectivity index (χ0) is 18.4. The van der Waals surface area contributed by atoms with Crippen molar-refractivity contribution < 1.29 is 19.1 Å². The summed E-state index contributed by atoms with van der Waals surface area (Å²) in [6, 6.07) is 4.21. The number of hydrogen-bond acceptors (Lipinski definition) is 7. The molecule has 1 aliphatic rings. The molecule has 0 spiro atoms. The van der Waals surface area contributed by atoms with E-state index in [1.165, 1.54) is 0 Å². The van der Waals surface area contributed by atoms with E-state index in [1.54, 1.807) is 48.8 Å². The molecule has 138 valence electrons. The van der Waals surface area contributed by atoms with E-state index in [2.05, 4.69) is 5.32 Å². The quantitative estimate of drug-likeness (QED) is 0.498. The fraction of sp³-hybridized carbons (Fsp3) is 0.529. The molecule has 0 fully saturated rings. The maximum absolute atomic E-state index is 12.6. The number of benzene rings is 1. The summed E-state index contributed by atoms with van der Waals surface area (Å²) in [7, 11) is 1.78. The van der Waals surface area contributed by atoms with Crippen LogP contribution in [0.4, 0.5) is 0 Å². The van der Waals surface area contributed by atoms with Gasteiger partial charge in [-0.2, -0.15) is 11.8 Å². The number of nitrogens with zero attached hydrogens (tertiary/aromatic N) is 1. The van der Waals surface area contributed by atoms with E-state index in [0.29, 0.717) is 23.5 Å². The highest BCUT2D eigenvalue weighted by atomic mass is 32.2. The Kier molecular flexibility index (Phi) is 7.10. The molecule has 3 N–H and O–H groups in total. The fourth-order valence-corrected chi connectivity index (χ4v) is 2.83. The van der Waals surface area contributed by atoms with Gasteiger partial charge < -0.3 is 20.5 Å². The van der Waals surface area contributed by atoms with E-state index in [1.807, 2.05) is 6.26 Å². The lowest BCUT2D eigenvalue weighted by atomic mass is 10.0. The van der Waals surface area contributed by atoms with Gasteiger partial charge in [-0.1, -0.05) is 0 Å². The van der Waals surface area contributed by atoms with Crippen LogP contribution in [-0.4, -0.2) is 61.2 Å². The van der Waals surface area contributed by atoms with Crippen molar-refractivity contribution in [1.82, 2.24) is 10.2 Å². The average Bonchev–Trinajstić information content (AvgIpc) is 3.10. The number of likely N-dealkylation sites (N-methyl/N-ethyl adjacent to an activating group) is 1. The van der Waals surface area contributed by atoms with Gasteiger partial charge in [0.05, 0.1) is 18.8 Å². The van der Waals surface area contributed by atoms with Crippen LogP contribution in [-0.2, 0) is 4.79 Å². The highest BCUT2D eigenvalue weighted by molar-refractivity contribution is 7.98. The van der Waals surface area contributed by atoms with Crippen molar-refractivity contribution in [2.24, 2.45) is 5.73 Å². The first kappa shape index (κ1) is 19.6. The van der Waals surface area contributed by atoms with Gasteiger partial charge >= 0.3 is 0 Å². The highest BCUT2D eigenvalue weighted by Gasteiger charge is 2.23. The summed E-state index contributed by atoms with van der Waals surface area (Å²) in [6.07, 6.45) is 2.60. The van der Waals surface area contributed by atoms with Crippen LogP contribution in [0.25, 0.3) is 0 Å². The second-order valence-corrected chi connectivity index (χ2v) is 6.94. The molecule has 0 saturated heterocycles. The van der Waals surface area contributed by atoms with Crippen molar-refractivity contribution in [3.05, 3.63) is 23.8 Å². The second-order valence-electron chi connectivity index (χ2n) is 5.95. The normalized spacial score (nSPS) is 15.1. The Balaban J connectivity index is 1.87. The van der Waals surface area contributed by atoms with E-state index in [4.69, 9.17) is 15.2 Å². The summed E-state index contributed by atoms with van der Waals surface area (Å²) in [4.78, 5) is 26.4. The van der Waals surface area contributed by atoms with Crippen molar-refractivity contribution in [3.63, 3.8) is 0 Å². The van der Waals surface area contributed by atoms with Crippen LogP contribution in [0.1, 0.15) is 23.7 Å². The molecule has 0 bridgehead atoms. The third kappa shape index (κ3) is 5.10. The number of nitrogens with two attached hydrogens (primary N) is 1. The SMILES string of the molecule is CSCCC(N)C(=O)NCN(C)C(C)C(=O)c1ccc2c(c1)OCO2. The Morgan fingerprint density at radius 3 is 2.80 bits per heavy atom. The van der Waals surface area contributed by atoms with E-state index in [-0.39, 0.29) is 25.2 Å². The molecule has 0 aromatic heterocycles. The number of ether oxygens (including phenoxy) is 2. The summed E-state index contributed by atoms with van der Waals surface area (Å²) in [5.74, 6) is 1.80. The third-order valence-electron chi connectivity index (χ3n) is 4.17. The smallest absolute Gasteiger partial charge is 0.237 e. The number of rotatable bonds is 9. The number of hydrogen-bond donors (Lipinski definition) is 2. The monoisotopic (exact) mass is 367 g/mol. The van der Waals surface area contributed by atoms with Crippen LogP contribution in [0, 0.1) is 0 Å². The number of carbonyl (C=O) groups excluding carboxylic acids is 2. The highest BCUT2D eigenvalue weighted by Crippen LogP contribution is 2.32. The molecular formula is C17H25N3O4S. The summed E-state index contributed by atoms with van der Waals surface area (Å²) in [5, 5.41) is 2.78. The lowest BCUT2D eigenvalue weighted by Gasteiger charge is -2.24. The summed E-state index contributed by atoms with van der Waals surface area (Å²) >= 11 is 1.65. The van der Waals surface area contributed by atoms with Crippen LogP contribution in [0.2, 0.25) is 0 Å². The number of nitrogens with one attached hydrogen (secondary N) is 1. The average molecular weight is 367 g/mol. The Morgan fingerprint density at radius 2 is 2.08 bits per heavy atom. The van der Waals surface area contributed by atoms with Gasteiger partial charge in [0.2, 0.25) is 12.7 Å². The number of carbonyl (C=O) groups is 2. The van der Waals surface area contributed by atoms with E-state index in [9.17, 15) is 9.59 Å². The molecule has 7 nitrogen and oxygen atoms in total. The topological polar surface area (TPSA) is 93.9 Å². The van der Waals surface area contributed by atoms with Crippen LogP contribution >= 0.6 is 11.8 Å². The number of Topliss-reactive ketones (excluding diaryl/α,β-unsaturated/α-hetero) is 1. The summed E-state index contributed by atoms with van der Waals surface area (Å²) in [6.45, 7) is 2.22. The van der Waals surface area contributed by atoms with Crippen molar-refractivity contribution in [2.75, 3.05) is 32.5 Å². The molecule has 25 heavy (non-hydrogen) atoms. The van der Waals surface area contributed by atoms with Gasteiger partial charge in [-0.15, -0.1) is 0 Å².